The Balaban J connectivity index is 1.58. The predicted molar refractivity (Wildman–Crippen MR) is 141 cm³/mol. The number of benzene rings is 2. The Morgan fingerprint density at radius 3 is 2.62 bits per heavy atom. The lowest BCUT2D eigenvalue weighted by molar-refractivity contribution is 0.0374. The highest BCUT2D eigenvalue weighted by Crippen LogP contribution is 2.37. The molecule has 0 spiro atoms. The first kappa shape index (κ1) is 28.7. The lowest BCUT2D eigenvalue weighted by Gasteiger charge is -2.23. The maximum Gasteiger partial charge on any atom is 0.405 e. The summed E-state index contributed by atoms with van der Waals surface area (Å²) in [6.07, 6.45) is 0.276. The Bertz CT molecular complexity index is 1310. The van der Waals surface area contributed by atoms with E-state index in [2.05, 4.69) is 15.6 Å². The summed E-state index contributed by atoms with van der Waals surface area (Å²) < 4.78 is 39.9. The number of ether oxygens (including phenoxy) is 2. The van der Waals surface area contributed by atoms with E-state index in [1.54, 1.807) is 20.8 Å². The van der Waals surface area contributed by atoms with Crippen LogP contribution in [-0.4, -0.2) is 29.3 Å². The molecule has 0 aliphatic rings. The number of hydrogen-bond acceptors (Lipinski definition) is 6. The first-order chi connectivity index (χ1) is 17.4. The van der Waals surface area contributed by atoms with Gasteiger partial charge in [0.05, 0.1) is 15.2 Å². The molecule has 0 aliphatic carbocycles. The molecule has 3 amide bonds. The molecule has 13 heteroatoms. The summed E-state index contributed by atoms with van der Waals surface area (Å²) in [5.74, 6) is -1.45. The van der Waals surface area contributed by atoms with Crippen LogP contribution in [0, 0.1) is 11.6 Å². The SMILES string of the molecule is CC(Oc1cc2sc(NC(=O)NCCCCC(C)(C)OC(N)=O)nc2cc1F)c1c(Cl)ccc(F)c1Cl. The molecule has 1 aromatic heterocycles. The van der Waals surface area contributed by atoms with Crippen molar-refractivity contribution in [3.05, 3.63) is 51.5 Å². The van der Waals surface area contributed by atoms with Crippen molar-refractivity contribution >= 4 is 62.0 Å². The Hall–Kier alpha value is -2.89. The number of thiazole rings is 1. The standard InChI is InChI=1S/C24H26Cl2F2N4O4S/c1-12(19-13(25)6-7-14(27)20(19)26)35-17-11-18-16(10-15(17)28)31-23(37-18)32-22(34)30-9-5-4-8-24(2,3)36-21(29)33/h6-7,10-12H,4-5,8-9H2,1-3H3,(H2,29,33)(H2,30,31,32,34). The maximum absolute atomic E-state index is 14.7. The van der Waals surface area contributed by atoms with Gasteiger partial charge >= 0.3 is 12.1 Å². The van der Waals surface area contributed by atoms with Crippen LogP contribution in [0.2, 0.25) is 10.0 Å². The molecule has 3 rings (SSSR count). The van der Waals surface area contributed by atoms with Crippen molar-refractivity contribution in [1.82, 2.24) is 10.3 Å². The van der Waals surface area contributed by atoms with Gasteiger partial charge in [0.15, 0.2) is 16.7 Å². The molecule has 1 unspecified atom stereocenters. The molecular formula is C24H26Cl2F2N4O4S. The minimum Gasteiger partial charge on any atom is -0.483 e. The number of unbranched alkanes of at least 4 members (excludes halogenated alkanes) is 1. The number of halogens is 4. The number of anilines is 1. The van der Waals surface area contributed by atoms with Gasteiger partial charge in [0.1, 0.15) is 17.5 Å². The molecule has 8 nitrogen and oxygen atoms in total. The van der Waals surface area contributed by atoms with E-state index in [-0.39, 0.29) is 26.5 Å². The number of urea groups is 1. The number of nitrogens with zero attached hydrogens (tertiary/aromatic N) is 1. The first-order valence-electron chi connectivity index (χ1n) is 11.3. The van der Waals surface area contributed by atoms with E-state index in [4.69, 9.17) is 38.4 Å². The number of amides is 3. The topological polar surface area (TPSA) is 116 Å². The quantitative estimate of drug-likeness (QED) is 0.175. The van der Waals surface area contributed by atoms with Gasteiger partial charge in [0.2, 0.25) is 0 Å². The van der Waals surface area contributed by atoms with Crippen molar-refractivity contribution in [1.29, 1.82) is 0 Å². The minimum absolute atomic E-state index is 0.0979. The van der Waals surface area contributed by atoms with Gasteiger partial charge in [-0.15, -0.1) is 0 Å². The molecule has 1 atom stereocenters. The number of primary amides is 1. The summed E-state index contributed by atoms with van der Waals surface area (Å²) >= 11 is 13.3. The van der Waals surface area contributed by atoms with Crippen LogP contribution in [0.3, 0.4) is 0 Å². The Morgan fingerprint density at radius 1 is 1.19 bits per heavy atom. The van der Waals surface area contributed by atoms with Gasteiger partial charge in [0.25, 0.3) is 0 Å². The average molecular weight is 575 g/mol. The fourth-order valence-corrected chi connectivity index (χ4v) is 5.13. The molecule has 2 aromatic carbocycles. The monoisotopic (exact) mass is 574 g/mol. The van der Waals surface area contributed by atoms with Gasteiger partial charge < -0.3 is 20.5 Å². The van der Waals surface area contributed by atoms with Gasteiger partial charge in [0, 0.05) is 29.3 Å². The van der Waals surface area contributed by atoms with Crippen LogP contribution in [0.25, 0.3) is 10.2 Å². The summed E-state index contributed by atoms with van der Waals surface area (Å²) in [5.41, 5.74) is 4.90. The molecule has 1 heterocycles. The summed E-state index contributed by atoms with van der Waals surface area (Å²) in [5, 5.41) is 5.60. The zero-order valence-electron chi connectivity index (χ0n) is 20.3. The summed E-state index contributed by atoms with van der Waals surface area (Å²) in [7, 11) is 0. The molecule has 37 heavy (non-hydrogen) atoms. The van der Waals surface area contributed by atoms with Crippen LogP contribution in [0.15, 0.2) is 24.3 Å². The Kier molecular flexibility index (Phi) is 9.38. The van der Waals surface area contributed by atoms with E-state index in [1.165, 1.54) is 18.2 Å². The molecule has 3 aromatic rings. The van der Waals surface area contributed by atoms with Crippen molar-refractivity contribution in [3.8, 4) is 5.75 Å². The Morgan fingerprint density at radius 2 is 1.92 bits per heavy atom. The number of carbonyl (C=O) groups is 2. The average Bonchev–Trinajstić information content (AvgIpc) is 3.16. The zero-order chi connectivity index (χ0) is 27.3. The van der Waals surface area contributed by atoms with Crippen LogP contribution in [-0.2, 0) is 4.74 Å². The highest BCUT2D eigenvalue weighted by Gasteiger charge is 2.22. The molecule has 0 aliphatic heterocycles. The third-order valence-corrected chi connectivity index (χ3v) is 6.97. The Labute approximate surface area is 226 Å². The van der Waals surface area contributed by atoms with Crippen LogP contribution < -0.4 is 21.1 Å². The van der Waals surface area contributed by atoms with E-state index in [0.29, 0.717) is 36.0 Å². The second-order valence-corrected chi connectivity index (χ2v) is 10.6. The van der Waals surface area contributed by atoms with E-state index < -0.39 is 35.5 Å². The lowest BCUT2D eigenvalue weighted by atomic mass is 10.0. The molecule has 0 saturated carbocycles. The number of carbonyl (C=O) groups excluding carboxylic acids is 2. The number of aromatic nitrogens is 1. The van der Waals surface area contributed by atoms with E-state index >= 15 is 0 Å². The molecule has 200 valence electrons. The van der Waals surface area contributed by atoms with Crippen molar-refractivity contribution in [2.45, 2.75) is 51.7 Å². The van der Waals surface area contributed by atoms with Crippen LogP contribution in [0.5, 0.6) is 5.75 Å². The van der Waals surface area contributed by atoms with E-state index in [1.807, 2.05) is 0 Å². The minimum atomic E-state index is -0.841. The smallest absolute Gasteiger partial charge is 0.405 e. The van der Waals surface area contributed by atoms with E-state index in [0.717, 1.165) is 17.4 Å². The van der Waals surface area contributed by atoms with Crippen molar-refractivity contribution in [3.63, 3.8) is 0 Å². The molecule has 0 bridgehead atoms. The molecular weight excluding hydrogens is 549 g/mol. The fourth-order valence-electron chi connectivity index (χ4n) is 3.58. The van der Waals surface area contributed by atoms with Gasteiger partial charge in [-0.2, -0.15) is 0 Å². The van der Waals surface area contributed by atoms with Crippen LogP contribution in [0.4, 0.5) is 23.5 Å². The second kappa shape index (κ2) is 12.1. The highest BCUT2D eigenvalue weighted by molar-refractivity contribution is 7.22. The normalized spacial score (nSPS) is 12.3. The number of nitrogens with two attached hydrogens (primary N) is 1. The van der Waals surface area contributed by atoms with Crippen molar-refractivity contribution in [2.24, 2.45) is 5.73 Å². The largest absolute Gasteiger partial charge is 0.483 e. The number of fused-ring (bicyclic) bond motifs is 1. The van der Waals surface area contributed by atoms with E-state index in [9.17, 15) is 18.4 Å². The fraction of sp³-hybridized carbons (Fsp3) is 0.375. The summed E-state index contributed by atoms with van der Waals surface area (Å²) in [4.78, 5) is 27.4. The molecule has 0 saturated heterocycles. The lowest BCUT2D eigenvalue weighted by Crippen LogP contribution is -2.32. The third kappa shape index (κ3) is 7.80. The molecule has 0 radical (unpaired) electrons. The number of hydrogen-bond donors (Lipinski definition) is 3. The highest BCUT2D eigenvalue weighted by atomic mass is 35.5. The van der Waals surface area contributed by atoms with Crippen molar-refractivity contribution in [2.75, 3.05) is 11.9 Å². The number of rotatable bonds is 10. The van der Waals surface area contributed by atoms with Crippen LogP contribution in [0.1, 0.15) is 51.7 Å². The second-order valence-electron chi connectivity index (χ2n) is 8.81. The number of nitrogens with one attached hydrogen (secondary N) is 2. The molecule has 0 fully saturated rings. The summed E-state index contributed by atoms with van der Waals surface area (Å²) in [6.45, 7) is 5.48. The molecule has 4 N–H and O–H groups in total. The van der Waals surface area contributed by atoms with Gasteiger partial charge in [-0.05, 0) is 52.2 Å². The van der Waals surface area contributed by atoms with Gasteiger partial charge in [-0.3, -0.25) is 5.32 Å². The van der Waals surface area contributed by atoms with Crippen molar-refractivity contribution < 1.29 is 27.8 Å². The predicted octanol–water partition coefficient (Wildman–Crippen LogP) is 7.19. The van der Waals surface area contributed by atoms with Crippen LogP contribution >= 0.6 is 34.5 Å². The summed E-state index contributed by atoms with van der Waals surface area (Å²) in [6, 6.07) is 4.65. The zero-order valence-corrected chi connectivity index (χ0v) is 22.6. The first-order valence-corrected chi connectivity index (χ1v) is 12.9. The van der Waals surface area contributed by atoms with Gasteiger partial charge in [-0.25, -0.2) is 23.4 Å². The maximum atomic E-state index is 14.7. The van der Waals surface area contributed by atoms with Gasteiger partial charge in [-0.1, -0.05) is 34.5 Å². The third-order valence-electron chi connectivity index (χ3n) is 5.32.